The minimum atomic E-state index is -0.978. The van der Waals surface area contributed by atoms with Crippen LogP contribution in [0, 0.1) is 5.82 Å². The van der Waals surface area contributed by atoms with Crippen LogP contribution in [-0.2, 0) is 0 Å². The summed E-state index contributed by atoms with van der Waals surface area (Å²) in [6.07, 6.45) is 0. The van der Waals surface area contributed by atoms with Crippen LogP contribution in [0.5, 0.6) is 0 Å². The average molecular weight is 446 g/mol. The lowest BCUT2D eigenvalue weighted by atomic mass is 10.3. The van der Waals surface area contributed by atoms with E-state index in [-0.39, 0.29) is 5.82 Å². The lowest BCUT2D eigenvalue weighted by molar-refractivity contribution is 0.636. The summed E-state index contributed by atoms with van der Waals surface area (Å²) in [6, 6.07) is 33.7. The zero-order chi connectivity index (χ0) is 20.7. The van der Waals surface area contributed by atoms with Crippen LogP contribution in [0.25, 0.3) is 0 Å². The highest BCUT2D eigenvalue weighted by Crippen LogP contribution is 2.43. The molecular weight excluding hydrogens is 424 g/mol. The van der Waals surface area contributed by atoms with E-state index >= 15 is 4.39 Å². The van der Waals surface area contributed by atoms with Gasteiger partial charge in [-0.3, -0.25) is 0 Å². The summed E-state index contributed by atoms with van der Waals surface area (Å²) in [6.45, 7) is 4.72. The van der Waals surface area contributed by atoms with Crippen LogP contribution in [0.15, 0.2) is 97.1 Å². The summed E-state index contributed by atoms with van der Waals surface area (Å²) in [5, 5.41) is 9.05. The number of benzene rings is 4. The molecule has 0 N–H and O–H groups in total. The molecule has 1 aliphatic heterocycles. The number of hydrogen-bond donors (Lipinski definition) is 0. The molecule has 4 heteroatoms. The molecule has 30 heavy (non-hydrogen) atoms. The minimum Gasteiger partial charge on any atom is -0.206 e. The maximum Gasteiger partial charge on any atom is 0.131 e. The van der Waals surface area contributed by atoms with Crippen LogP contribution in [0.3, 0.4) is 0 Å². The van der Waals surface area contributed by atoms with Crippen LogP contribution < -0.4 is 37.1 Å². The normalized spacial score (nSPS) is 20.2. The van der Waals surface area contributed by atoms with Crippen LogP contribution in [-0.4, -0.2) is 13.3 Å². The maximum atomic E-state index is 15.2. The number of fused-ring (bicyclic) bond motifs is 3. The third-order valence-electron chi connectivity index (χ3n) is 5.67. The van der Waals surface area contributed by atoms with Crippen molar-refractivity contribution >= 4 is 60.9 Å². The van der Waals surface area contributed by atoms with Crippen LogP contribution in [0.4, 0.5) is 4.39 Å². The molecule has 2 atom stereocenters. The lowest BCUT2D eigenvalue weighted by Crippen LogP contribution is -2.35. The zero-order valence-electron chi connectivity index (χ0n) is 17.0. The van der Waals surface area contributed by atoms with Gasteiger partial charge in [-0.15, -0.1) is 0 Å². The summed E-state index contributed by atoms with van der Waals surface area (Å²) >= 11 is 0. The Hall–Kier alpha value is -1.90. The zero-order valence-corrected chi connectivity index (χ0v) is 19.6. The smallest absolute Gasteiger partial charge is 0.131 e. The molecule has 0 amide bonds. The van der Waals surface area contributed by atoms with Crippen molar-refractivity contribution in [3.05, 3.63) is 103 Å². The summed E-state index contributed by atoms with van der Waals surface area (Å²) in [7, 11) is -2.04. The van der Waals surface area contributed by atoms with Gasteiger partial charge in [-0.25, -0.2) is 4.39 Å². The van der Waals surface area contributed by atoms with Gasteiger partial charge in [-0.05, 0) is 75.0 Å². The predicted octanol–water partition coefficient (Wildman–Crippen LogP) is 4.02. The Morgan fingerprint density at radius 3 is 1.13 bits per heavy atom. The minimum absolute atomic E-state index is 0.106. The number of halogens is 1. The van der Waals surface area contributed by atoms with Crippen molar-refractivity contribution in [1.29, 1.82) is 0 Å². The van der Waals surface area contributed by atoms with E-state index in [9.17, 15) is 0 Å². The van der Waals surface area contributed by atoms with Gasteiger partial charge in [0, 0.05) is 5.30 Å². The van der Waals surface area contributed by atoms with Crippen LogP contribution in [0.2, 0.25) is 0 Å². The largest absolute Gasteiger partial charge is 0.206 e. The second-order valence-electron chi connectivity index (χ2n) is 7.37. The van der Waals surface area contributed by atoms with E-state index < -0.39 is 23.8 Å². The van der Waals surface area contributed by atoms with Crippen molar-refractivity contribution in [3.63, 3.8) is 0 Å². The molecule has 4 aromatic rings. The third kappa shape index (κ3) is 3.35. The summed E-state index contributed by atoms with van der Waals surface area (Å²) in [5.41, 5.74) is 0. The predicted molar refractivity (Wildman–Crippen MR) is 136 cm³/mol. The van der Waals surface area contributed by atoms with Gasteiger partial charge in [0.1, 0.15) is 5.82 Å². The van der Waals surface area contributed by atoms with Crippen molar-refractivity contribution < 1.29 is 4.39 Å². The molecule has 0 radical (unpaired) electrons. The van der Waals surface area contributed by atoms with Crippen molar-refractivity contribution in [2.24, 2.45) is 0 Å². The van der Waals surface area contributed by atoms with Crippen LogP contribution >= 0.6 is 23.8 Å². The number of hydrogen-bond acceptors (Lipinski definition) is 0. The van der Waals surface area contributed by atoms with E-state index in [1.165, 1.54) is 31.8 Å². The molecule has 1 aliphatic rings. The van der Waals surface area contributed by atoms with E-state index in [4.69, 9.17) is 0 Å². The average Bonchev–Trinajstić information content (AvgIpc) is 2.82. The van der Waals surface area contributed by atoms with Gasteiger partial charge in [0.15, 0.2) is 0 Å². The van der Waals surface area contributed by atoms with Crippen molar-refractivity contribution in [2.45, 2.75) is 0 Å². The van der Waals surface area contributed by atoms with Gasteiger partial charge in [0.05, 0.1) is 0 Å². The van der Waals surface area contributed by atoms with Crippen molar-refractivity contribution in [1.82, 2.24) is 0 Å². The second kappa shape index (κ2) is 8.32. The Balaban J connectivity index is 1.90. The van der Waals surface area contributed by atoms with Gasteiger partial charge in [-0.2, -0.15) is 0 Å². The molecule has 2 unspecified atom stereocenters. The molecule has 148 valence electrons. The first-order valence-corrected chi connectivity index (χ1v) is 14.9. The summed E-state index contributed by atoms with van der Waals surface area (Å²) < 4.78 is 15.2. The highest BCUT2D eigenvalue weighted by atomic mass is 31.1. The quantitative estimate of drug-likeness (QED) is 0.388. The van der Waals surface area contributed by atoms with Gasteiger partial charge in [0.2, 0.25) is 0 Å². The summed E-state index contributed by atoms with van der Waals surface area (Å²) in [5.74, 6) is -0.106. The molecule has 5 rings (SSSR count). The molecule has 0 saturated carbocycles. The fraction of sp³-hybridized carbons (Fsp3) is 0.0769. The molecule has 0 spiro atoms. The number of rotatable bonds is 1. The van der Waals surface area contributed by atoms with Gasteiger partial charge >= 0.3 is 0 Å². The summed E-state index contributed by atoms with van der Waals surface area (Å²) in [4.78, 5) is 0. The van der Waals surface area contributed by atoms with Gasteiger partial charge in [0.25, 0.3) is 0 Å². The van der Waals surface area contributed by atoms with E-state index in [1.54, 1.807) is 12.1 Å². The topological polar surface area (TPSA) is 0 Å². The molecule has 0 bridgehead atoms. The van der Waals surface area contributed by atoms with Crippen molar-refractivity contribution in [3.8, 4) is 0 Å². The highest BCUT2D eigenvalue weighted by molar-refractivity contribution is 7.87. The fourth-order valence-corrected chi connectivity index (χ4v) is 12.4. The molecule has 0 nitrogen and oxygen atoms in total. The third-order valence-corrected chi connectivity index (χ3v) is 13.2. The Bertz CT molecular complexity index is 1150. The fourth-order valence-electron chi connectivity index (χ4n) is 4.19. The first kappa shape index (κ1) is 20.0. The standard InChI is InChI=1S/C26H22FP3/c1-28-21-13-5-6-14-22(21)29(2)24-16-8-10-18-26(24)30(20-12-4-3-11-19(20)27)25-17-9-7-15-23(25)28/h3-18H,1-2H3. The molecule has 1 heterocycles. The van der Waals surface area contributed by atoms with E-state index in [2.05, 4.69) is 86.1 Å². The second-order valence-corrected chi connectivity index (χ2v) is 13.7. The Morgan fingerprint density at radius 1 is 0.433 bits per heavy atom. The van der Waals surface area contributed by atoms with Crippen molar-refractivity contribution in [2.75, 3.05) is 13.3 Å². The maximum absolute atomic E-state index is 15.2. The monoisotopic (exact) mass is 446 g/mol. The molecule has 0 saturated heterocycles. The van der Waals surface area contributed by atoms with Gasteiger partial charge < -0.3 is 0 Å². The Labute approximate surface area is 181 Å². The van der Waals surface area contributed by atoms with Crippen LogP contribution in [0.1, 0.15) is 0 Å². The highest BCUT2D eigenvalue weighted by Gasteiger charge is 2.30. The Morgan fingerprint density at radius 2 is 0.733 bits per heavy atom. The first-order chi connectivity index (χ1) is 14.7. The lowest BCUT2D eigenvalue weighted by Gasteiger charge is -2.26. The molecule has 0 aliphatic carbocycles. The van der Waals surface area contributed by atoms with E-state index in [0.29, 0.717) is 0 Å². The molecule has 0 aromatic heterocycles. The molecule has 4 aromatic carbocycles. The molecule has 0 fully saturated rings. The van der Waals surface area contributed by atoms with Gasteiger partial charge in [-0.1, -0.05) is 91.0 Å². The Kier molecular flexibility index (Phi) is 5.56. The van der Waals surface area contributed by atoms with E-state index in [1.807, 2.05) is 12.1 Å². The molecular formula is C26H22FP3. The first-order valence-electron chi connectivity index (χ1n) is 9.96. The SMILES string of the molecule is CP1c2ccccc2P(C)c2ccccc2P(c2ccccc2F)c2ccccc21. The van der Waals surface area contributed by atoms with E-state index in [0.717, 1.165) is 5.30 Å².